The highest BCUT2D eigenvalue weighted by Crippen LogP contribution is 2.26. The van der Waals surface area contributed by atoms with Gasteiger partial charge in [-0.3, -0.25) is 15.1 Å². The van der Waals surface area contributed by atoms with Crippen molar-refractivity contribution >= 4 is 35.0 Å². The van der Waals surface area contributed by atoms with Crippen molar-refractivity contribution in [2.75, 3.05) is 0 Å². The molecule has 0 aromatic carbocycles. The second-order valence-electron chi connectivity index (χ2n) is 6.09. The lowest BCUT2D eigenvalue weighted by Gasteiger charge is -2.27. The molecule has 0 saturated heterocycles. The van der Waals surface area contributed by atoms with E-state index in [1.807, 2.05) is 0 Å². The van der Waals surface area contributed by atoms with E-state index in [4.69, 9.17) is 17.0 Å². The van der Waals surface area contributed by atoms with E-state index in [2.05, 4.69) is 10.3 Å². The molecule has 2 N–H and O–H groups in total. The molecule has 0 aromatic heterocycles. The van der Waals surface area contributed by atoms with Crippen molar-refractivity contribution in [2.45, 2.75) is 58.6 Å². The Morgan fingerprint density at radius 3 is 2.57 bits per heavy atom. The molecule has 0 aliphatic heterocycles. The van der Waals surface area contributed by atoms with E-state index in [1.165, 1.54) is 0 Å². The number of carbonyl (C=O) groups is 2. The number of aliphatic carboxylic acids is 1. The van der Waals surface area contributed by atoms with E-state index in [0.717, 1.165) is 6.42 Å². The van der Waals surface area contributed by atoms with Gasteiger partial charge in [-0.15, -0.1) is 0 Å². The van der Waals surface area contributed by atoms with Crippen LogP contribution < -0.4 is 5.32 Å². The van der Waals surface area contributed by atoms with E-state index in [9.17, 15) is 14.7 Å². The standard InChI is InChI=1S/C14H22N2O4S/c1-8(16-13(19)20-14(2,3)4)15-11-9(12(17)18)6-5-7-10(11)21/h9,11H,5-7H2,1-4H3,(H,17,18)(H,15,16,19). The molecule has 0 bridgehead atoms. The number of nitrogens with zero attached hydrogens (tertiary/aromatic N) is 1. The van der Waals surface area contributed by atoms with E-state index >= 15 is 0 Å². The van der Waals surface area contributed by atoms with Crippen molar-refractivity contribution in [3.05, 3.63) is 0 Å². The van der Waals surface area contributed by atoms with Gasteiger partial charge in [-0.2, -0.15) is 0 Å². The average Bonchev–Trinajstić information content (AvgIpc) is 2.28. The van der Waals surface area contributed by atoms with Crippen LogP contribution in [0, 0.1) is 5.92 Å². The van der Waals surface area contributed by atoms with Crippen LogP contribution in [0.5, 0.6) is 0 Å². The van der Waals surface area contributed by atoms with Crippen molar-refractivity contribution in [3.8, 4) is 0 Å². The van der Waals surface area contributed by atoms with Crippen LogP contribution in [0.2, 0.25) is 0 Å². The van der Waals surface area contributed by atoms with Gasteiger partial charge in [-0.25, -0.2) is 4.79 Å². The second-order valence-corrected chi connectivity index (χ2v) is 6.61. The number of alkyl carbamates (subject to hydrolysis) is 1. The second kappa shape index (κ2) is 6.98. The van der Waals surface area contributed by atoms with E-state index in [1.54, 1.807) is 27.7 Å². The Morgan fingerprint density at radius 1 is 1.43 bits per heavy atom. The monoisotopic (exact) mass is 314 g/mol. The smallest absolute Gasteiger partial charge is 0.413 e. The normalized spacial score (nSPS) is 23.6. The molecule has 1 fully saturated rings. The van der Waals surface area contributed by atoms with Gasteiger partial charge in [0.05, 0.1) is 12.0 Å². The van der Waals surface area contributed by atoms with Gasteiger partial charge in [-0.1, -0.05) is 12.2 Å². The molecule has 2 atom stereocenters. The highest BCUT2D eigenvalue weighted by atomic mass is 32.1. The lowest BCUT2D eigenvalue weighted by Crippen LogP contribution is -2.40. The molecular formula is C14H22N2O4S. The maximum absolute atomic E-state index is 11.6. The molecular weight excluding hydrogens is 292 g/mol. The van der Waals surface area contributed by atoms with E-state index in [0.29, 0.717) is 23.5 Å². The van der Waals surface area contributed by atoms with Gasteiger partial charge in [0, 0.05) is 4.86 Å². The van der Waals surface area contributed by atoms with Crippen molar-refractivity contribution in [3.63, 3.8) is 0 Å². The lowest BCUT2D eigenvalue weighted by atomic mass is 9.84. The summed E-state index contributed by atoms with van der Waals surface area (Å²) in [5.74, 6) is -1.22. The first-order valence-corrected chi connectivity index (χ1v) is 7.31. The Labute approximate surface area is 130 Å². The third-order valence-corrected chi connectivity index (χ3v) is 3.43. The molecule has 2 unspecified atom stereocenters. The van der Waals surface area contributed by atoms with Crippen LogP contribution in [-0.4, -0.2) is 39.5 Å². The average molecular weight is 314 g/mol. The number of carboxylic acid groups (broad SMARTS) is 1. The first-order chi connectivity index (χ1) is 9.60. The topological polar surface area (TPSA) is 88.0 Å². The fraction of sp³-hybridized carbons (Fsp3) is 0.714. The number of hydrogen-bond donors (Lipinski definition) is 2. The number of ether oxygens (including phenoxy) is 1. The number of amides is 1. The van der Waals surface area contributed by atoms with Crippen LogP contribution in [0.4, 0.5) is 4.79 Å². The van der Waals surface area contributed by atoms with Gasteiger partial charge in [0.1, 0.15) is 11.4 Å². The summed E-state index contributed by atoms with van der Waals surface area (Å²) in [6.07, 6.45) is 1.38. The maximum Gasteiger partial charge on any atom is 0.413 e. The fourth-order valence-electron chi connectivity index (χ4n) is 2.14. The molecule has 0 heterocycles. The van der Waals surface area contributed by atoms with E-state index < -0.39 is 29.6 Å². The minimum Gasteiger partial charge on any atom is -0.481 e. The number of thiocarbonyl (C=S) groups is 1. The van der Waals surface area contributed by atoms with Crippen molar-refractivity contribution in [1.82, 2.24) is 5.32 Å². The number of hydrogen-bond acceptors (Lipinski definition) is 5. The van der Waals surface area contributed by atoms with Crippen LogP contribution in [0.1, 0.15) is 47.0 Å². The van der Waals surface area contributed by atoms with Gasteiger partial charge in [0.25, 0.3) is 0 Å². The Kier molecular flexibility index (Phi) is 5.83. The molecule has 1 rings (SSSR count). The number of carbonyl (C=O) groups excluding carboxylic acids is 1. The quantitative estimate of drug-likeness (QED) is 0.464. The summed E-state index contributed by atoms with van der Waals surface area (Å²) in [6.45, 7) is 6.88. The van der Waals surface area contributed by atoms with Crippen molar-refractivity contribution in [2.24, 2.45) is 10.9 Å². The van der Waals surface area contributed by atoms with E-state index in [-0.39, 0.29) is 0 Å². The van der Waals surface area contributed by atoms with Gasteiger partial charge in [-0.05, 0) is 47.0 Å². The summed E-state index contributed by atoms with van der Waals surface area (Å²) in [6, 6.07) is -0.568. The minimum atomic E-state index is -0.907. The molecule has 7 heteroatoms. The molecule has 1 saturated carbocycles. The van der Waals surface area contributed by atoms with Crippen molar-refractivity contribution < 1.29 is 19.4 Å². The molecule has 0 aromatic rings. The highest BCUT2D eigenvalue weighted by molar-refractivity contribution is 7.80. The molecule has 118 valence electrons. The van der Waals surface area contributed by atoms with Gasteiger partial charge < -0.3 is 9.84 Å². The van der Waals surface area contributed by atoms with Crippen LogP contribution in [0.25, 0.3) is 0 Å². The van der Waals surface area contributed by atoms with Gasteiger partial charge >= 0.3 is 12.1 Å². The Hall–Kier alpha value is -1.50. The number of nitrogens with one attached hydrogen (secondary N) is 1. The number of amidine groups is 1. The molecule has 1 aliphatic rings. The summed E-state index contributed by atoms with van der Waals surface area (Å²) in [7, 11) is 0. The Balaban J connectivity index is 2.76. The molecule has 0 spiro atoms. The SMILES string of the molecule is CC(=NC1C(=S)CCCC1C(=O)O)NC(=O)OC(C)(C)C. The fourth-order valence-corrected chi connectivity index (χ4v) is 2.50. The minimum absolute atomic E-state index is 0.310. The lowest BCUT2D eigenvalue weighted by molar-refractivity contribution is -0.142. The number of rotatable bonds is 2. The van der Waals surface area contributed by atoms with Crippen LogP contribution in [-0.2, 0) is 9.53 Å². The number of carboxylic acids is 1. The first kappa shape index (κ1) is 17.6. The van der Waals surface area contributed by atoms with Gasteiger partial charge in [0.15, 0.2) is 0 Å². The summed E-state index contributed by atoms with van der Waals surface area (Å²) < 4.78 is 5.12. The number of aliphatic imine (C=N–C) groups is 1. The van der Waals surface area contributed by atoms with Crippen molar-refractivity contribution in [1.29, 1.82) is 0 Å². The summed E-state index contributed by atoms with van der Waals surface area (Å²) in [5, 5.41) is 11.7. The maximum atomic E-state index is 11.6. The van der Waals surface area contributed by atoms with Crippen LogP contribution in [0.15, 0.2) is 4.99 Å². The summed E-state index contributed by atoms with van der Waals surface area (Å²) in [4.78, 5) is 27.8. The van der Waals surface area contributed by atoms with Crippen LogP contribution in [0.3, 0.4) is 0 Å². The third-order valence-electron chi connectivity index (χ3n) is 2.98. The Bertz CT molecular complexity index is 468. The van der Waals surface area contributed by atoms with Gasteiger partial charge in [0.2, 0.25) is 0 Å². The molecule has 0 radical (unpaired) electrons. The molecule has 6 nitrogen and oxygen atoms in total. The van der Waals surface area contributed by atoms with Crippen LogP contribution >= 0.6 is 12.2 Å². The molecule has 21 heavy (non-hydrogen) atoms. The molecule has 1 aliphatic carbocycles. The highest BCUT2D eigenvalue weighted by Gasteiger charge is 2.34. The zero-order chi connectivity index (χ0) is 16.2. The third kappa shape index (κ3) is 5.79. The summed E-state index contributed by atoms with van der Waals surface area (Å²) in [5.41, 5.74) is -0.603. The Morgan fingerprint density at radius 2 is 2.05 bits per heavy atom. The zero-order valence-corrected chi connectivity index (χ0v) is 13.6. The molecule has 1 amide bonds. The predicted molar refractivity (Wildman–Crippen MR) is 83.8 cm³/mol. The largest absolute Gasteiger partial charge is 0.481 e. The zero-order valence-electron chi connectivity index (χ0n) is 12.8. The predicted octanol–water partition coefficient (Wildman–Crippen LogP) is 2.55. The first-order valence-electron chi connectivity index (χ1n) is 6.90. The summed E-state index contributed by atoms with van der Waals surface area (Å²) >= 11 is 5.23.